The molecule has 0 aromatic carbocycles. The van der Waals surface area contributed by atoms with Crippen molar-refractivity contribution in [1.29, 1.82) is 0 Å². The van der Waals surface area contributed by atoms with E-state index >= 15 is 0 Å². The van der Waals surface area contributed by atoms with Gasteiger partial charge in [0.25, 0.3) is 0 Å². The Kier molecular flexibility index (Phi) is 6.91. The summed E-state index contributed by atoms with van der Waals surface area (Å²) in [5.74, 6) is -1.07. The molecule has 0 aromatic rings. The molecule has 0 radical (unpaired) electrons. The van der Waals surface area contributed by atoms with Crippen LogP contribution >= 0.6 is 0 Å². The minimum atomic E-state index is -0.684. The zero-order valence-corrected chi connectivity index (χ0v) is 9.71. The van der Waals surface area contributed by atoms with Gasteiger partial charge >= 0.3 is 0 Å². The van der Waals surface area contributed by atoms with Crippen LogP contribution in [0, 0.1) is 0 Å². The molecule has 6 nitrogen and oxygen atoms in total. The summed E-state index contributed by atoms with van der Waals surface area (Å²) >= 11 is 0. The van der Waals surface area contributed by atoms with E-state index in [0.29, 0.717) is 6.54 Å². The van der Waals surface area contributed by atoms with E-state index in [1.165, 1.54) is 6.92 Å². The lowest BCUT2D eigenvalue weighted by atomic mass is 10.1. The summed E-state index contributed by atoms with van der Waals surface area (Å²) in [6.45, 7) is 3.80. The second-order valence-corrected chi connectivity index (χ2v) is 3.55. The van der Waals surface area contributed by atoms with Crippen molar-refractivity contribution in [2.75, 3.05) is 6.54 Å². The van der Waals surface area contributed by atoms with E-state index in [9.17, 15) is 14.4 Å². The van der Waals surface area contributed by atoms with Gasteiger partial charge in [0.2, 0.25) is 17.7 Å². The van der Waals surface area contributed by atoms with Crippen molar-refractivity contribution < 1.29 is 14.4 Å². The summed E-state index contributed by atoms with van der Waals surface area (Å²) in [5.41, 5.74) is 4.99. The molecule has 0 heterocycles. The van der Waals surface area contributed by atoms with Crippen LogP contribution in [0.2, 0.25) is 0 Å². The Bertz CT molecular complexity index is 266. The molecule has 4 N–H and O–H groups in total. The van der Waals surface area contributed by atoms with Crippen molar-refractivity contribution in [2.45, 2.75) is 39.2 Å². The Hall–Kier alpha value is -1.59. The van der Waals surface area contributed by atoms with Gasteiger partial charge in [0, 0.05) is 19.9 Å². The molecule has 0 aliphatic heterocycles. The van der Waals surface area contributed by atoms with Gasteiger partial charge in [-0.25, -0.2) is 0 Å². The van der Waals surface area contributed by atoms with Gasteiger partial charge in [0.05, 0.1) is 0 Å². The Labute approximate surface area is 94.9 Å². The largest absolute Gasteiger partial charge is 0.370 e. The molecule has 0 bridgehead atoms. The van der Waals surface area contributed by atoms with Gasteiger partial charge in [-0.15, -0.1) is 0 Å². The molecule has 0 aromatic heterocycles. The smallest absolute Gasteiger partial charge is 0.242 e. The molecule has 0 saturated carbocycles. The zero-order chi connectivity index (χ0) is 12.6. The third-order valence-electron chi connectivity index (χ3n) is 1.92. The monoisotopic (exact) mass is 229 g/mol. The van der Waals surface area contributed by atoms with Crippen LogP contribution in [0.5, 0.6) is 0 Å². The number of carbonyl (C=O) groups excluding carboxylic acids is 3. The maximum Gasteiger partial charge on any atom is 0.242 e. The number of carbonyl (C=O) groups is 3. The summed E-state index contributed by atoms with van der Waals surface area (Å²) < 4.78 is 0. The minimum absolute atomic E-state index is 0.0739. The van der Waals surface area contributed by atoms with E-state index in [2.05, 4.69) is 10.6 Å². The molecule has 0 spiro atoms. The Morgan fingerprint density at radius 1 is 1.31 bits per heavy atom. The summed E-state index contributed by atoms with van der Waals surface area (Å²) in [5, 5.41) is 5.14. The van der Waals surface area contributed by atoms with Crippen molar-refractivity contribution >= 4 is 17.7 Å². The van der Waals surface area contributed by atoms with Gasteiger partial charge < -0.3 is 16.4 Å². The fraction of sp³-hybridized carbons (Fsp3) is 0.700. The first-order valence-corrected chi connectivity index (χ1v) is 5.30. The molecule has 0 rings (SSSR count). The van der Waals surface area contributed by atoms with Crippen molar-refractivity contribution in [1.82, 2.24) is 10.6 Å². The predicted molar refractivity (Wildman–Crippen MR) is 59.3 cm³/mol. The number of nitrogens with one attached hydrogen (secondary N) is 2. The topological polar surface area (TPSA) is 101 Å². The minimum Gasteiger partial charge on any atom is -0.370 e. The average Bonchev–Trinajstić information content (AvgIpc) is 2.19. The normalized spacial score (nSPS) is 11.6. The lowest BCUT2D eigenvalue weighted by Gasteiger charge is -2.16. The molecule has 0 saturated heterocycles. The van der Waals surface area contributed by atoms with Gasteiger partial charge in [0.1, 0.15) is 6.04 Å². The molecule has 92 valence electrons. The highest BCUT2D eigenvalue weighted by molar-refractivity contribution is 5.87. The Morgan fingerprint density at radius 2 is 1.94 bits per heavy atom. The maximum atomic E-state index is 11.6. The van der Waals surface area contributed by atoms with Crippen LogP contribution in [-0.2, 0) is 14.4 Å². The first-order valence-electron chi connectivity index (χ1n) is 5.30. The molecule has 3 amide bonds. The molecule has 0 fully saturated rings. The second kappa shape index (κ2) is 7.67. The highest BCUT2D eigenvalue weighted by atomic mass is 16.2. The molecule has 1 atom stereocenters. The van der Waals surface area contributed by atoms with Gasteiger partial charge in [-0.2, -0.15) is 0 Å². The van der Waals surface area contributed by atoms with E-state index in [1.807, 2.05) is 6.92 Å². The van der Waals surface area contributed by atoms with E-state index in [4.69, 9.17) is 5.73 Å². The van der Waals surface area contributed by atoms with Crippen LogP contribution in [-0.4, -0.2) is 30.3 Å². The summed E-state index contributed by atoms with van der Waals surface area (Å²) in [6, 6.07) is -0.684. The van der Waals surface area contributed by atoms with Gasteiger partial charge in [-0.1, -0.05) is 6.92 Å². The van der Waals surface area contributed by atoms with Gasteiger partial charge in [-0.05, 0) is 12.8 Å². The van der Waals surface area contributed by atoms with E-state index in [1.54, 1.807) is 0 Å². The van der Waals surface area contributed by atoms with Crippen molar-refractivity contribution in [3.63, 3.8) is 0 Å². The van der Waals surface area contributed by atoms with Gasteiger partial charge in [-0.3, -0.25) is 14.4 Å². The summed E-state index contributed by atoms with van der Waals surface area (Å²) in [6.07, 6.45) is 1.11. The van der Waals surface area contributed by atoms with Crippen molar-refractivity contribution in [3.8, 4) is 0 Å². The number of primary amides is 1. The van der Waals surface area contributed by atoms with Crippen LogP contribution in [0.1, 0.15) is 33.1 Å². The second-order valence-electron chi connectivity index (χ2n) is 3.55. The lowest BCUT2D eigenvalue weighted by Crippen LogP contribution is -2.46. The van der Waals surface area contributed by atoms with Crippen molar-refractivity contribution in [2.24, 2.45) is 5.73 Å². The SMILES string of the molecule is CCCNC(=O)[C@H](CCC(N)=O)NC(C)=O. The first kappa shape index (κ1) is 14.4. The lowest BCUT2D eigenvalue weighted by molar-refractivity contribution is -0.128. The summed E-state index contributed by atoms with van der Waals surface area (Å²) in [7, 11) is 0. The van der Waals surface area contributed by atoms with Crippen LogP contribution in [0.15, 0.2) is 0 Å². The zero-order valence-electron chi connectivity index (χ0n) is 9.71. The van der Waals surface area contributed by atoms with Crippen LogP contribution < -0.4 is 16.4 Å². The molecule has 6 heteroatoms. The van der Waals surface area contributed by atoms with E-state index < -0.39 is 11.9 Å². The van der Waals surface area contributed by atoms with Gasteiger partial charge in [0.15, 0.2) is 0 Å². The maximum absolute atomic E-state index is 11.6. The molecular weight excluding hydrogens is 210 g/mol. The number of hydrogen-bond donors (Lipinski definition) is 3. The fourth-order valence-electron chi connectivity index (χ4n) is 1.17. The number of rotatable bonds is 7. The highest BCUT2D eigenvalue weighted by Crippen LogP contribution is 1.97. The van der Waals surface area contributed by atoms with Crippen LogP contribution in [0.3, 0.4) is 0 Å². The van der Waals surface area contributed by atoms with E-state index in [0.717, 1.165) is 6.42 Å². The summed E-state index contributed by atoms with van der Waals surface area (Å²) in [4.78, 5) is 33.0. The molecule has 0 unspecified atom stereocenters. The molecule has 16 heavy (non-hydrogen) atoms. The molecular formula is C10H19N3O3. The van der Waals surface area contributed by atoms with Crippen molar-refractivity contribution in [3.05, 3.63) is 0 Å². The molecule has 0 aliphatic rings. The molecule has 0 aliphatic carbocycles. The fourth-order valence-corrected chi connectivity index (χ4v) is 1.17. The standard InChI is InChI=1S/C10H19N3O3/c1-3-6-12-10(16)8(13-7(2)14)4-5-9(11)15/h8H,3-6H2,1-2H3,(H2,11,15)(H,12,16)(H,13,14)/t8-/m0/s1. The first-order chi connectivity index (χ1) is 7.47. The number of hydrogen-bond acceptors (Lipinski definition) is 3. The third kappa shape index (κ3) is 6.80. The number of amides is 3. The van der Waals surface area contributed by atoms with Crippen LogP contribution in [0.25, 0.3) is 0 Å². The average molecular weight is 229 g/mol. The predicted octanol–water partition coefficient (Wildman–Crippen LogP) is -0.717. The highest BCUT2D eigenvalue weighted by Gasteiger charge is 2.19. The Morgan fingerprint density at radius 3 is 2.38 bits per heavy atom. The van der Waals surface area contributed by atoms with Crippen LogP contribution in [0.4, 0.5) is 0 Å². The Balaban J connectivity index is 4.22. The third-order valence-corrected chi connectivity index (χ3v) is 1.92. The quantitative estimate of drug-likeness (QED) is 0.537. The number of nitrogens with two attached hydrogens (primary N) is 1. The van der Waals surface area contributed by atoms with E-state index in [-0.39, 0.29) is 24.7 Å².